The van der Waals surface area contributed by atoms with Crippen molar-refractivity contribution in [3.63, 3.8) is 0 Å². The molecular formula is C15H20FNO2. The fourth-order valence-corrected chi connectivity index (χ4v) is 1.54. The van der Waals surface area contributed by atoms with E-state index in [1.807, 2.05) is 13.8 Å². The summed E-state index contributed by atoms with van der Waals surface area (Å²) in [6.45, 7) is 4.26. The molecule has 0 unspecified atom stereocenters. The molecule has 0 aliphatic carbocycles. The van der Waals surface area contributed by atoms with Crippen LogP contribution in [0.5, 0.6) is 5.75 Å². The summed E-state index contributed by atoms with van der Waals surface area (Å²) in [4.78, 5) is 11.8. The average molecular weight is 265 g/mol. The summed E-state index contributed by atoms with van der Waals surface area (Å²) in [6, 6.07) is 6.86. The van der Waals surface area contributed by atoms with Crippen molar-refractivity contribution in [2.24, 2.45) is 11.7 Å². The first-order valence-corrected chi connectivity index (χ1v) is 6.31. The molecule has 0 atom stereocenters. The molecule has 4 heteroatoms. The Labute approximate surface area is 113 Å². The van der Waals surface area contributed by atoms with Crippen LogP contribution in [0.25, 0.3) is 0 Å². The number of halogens is 1. The number of ketones is 1. The number of benzene rings is 1. The molecule has 0 bridgehead atoms. The summed E-state index contributed by atoms with van der Waals surface area (Å²) >= 11 is 0. The van der Waals surface area contributed by atoms with Crippen LogP contribution in [0.3, 0.4) is 0 Å². The molecule has 0 aliphatic rings. The lowest BCUT2D eigenvalue weighted by molar-refractivity contribution is 0.0968. The van der Waals surface area contributed by atoms with E-state index in [-0.39, 0.29) is 18.9 Å². The molecule has 19 heavy (non-hydrogen) atoms. The van der Waals surface area contributed by atoms with Gasteiger partial charge in [-0.15, -0.1) is 0 Å². The molecule has 3 nitrogen and oxygen atoms in total. The minimum Gasteiger partial charge on any atom is -0.489 e. The van der Waals surface area contributed by atoms with Crippen molar-refractivity contribution in [2.75, 3.05) is 13.2 Å². The topological polar surface area (TPSA) is 52.3 Å². The molecule has 0 spiro atoms. The zero-order chi connectivity index (χ0) is 14.3. The predicted octanol–water partition coefficient (Wildman–Crippen LogP) is 3.11. The molecular weight excluding hydrogens is 245 g/mol. The van der Waals surface area contributed by atoms with Gasteiger partial charge in [-0.1, -0.05) is 13.8 Å². The Kier molecular flexibility index (Phi) is 6.22. The van der Waals surface area contributed by atoms with Crippen molar-refractivity contribution in [1.29, 1.82) is 0 Å². The van der Waals surface area contributed by atoms with Crippen LogP contribution in [-0.4, -0.2) is 18.9 Å². The second kappa shape index (κ2) is 7.69. The van der Waals surface area contributed by atoms with Crippen molar-refractivity contribution in [1.82, 2.24) is 0 Å². The minimum absolute atomic E-state index is 0.117. The number of rotatable bonds is 7. The third kappa shape index (κ3) is 5.22. The fraction of sp³-hybridized carbons (Fsp3) is 0.400. The summed E-state index contributed by atoms with van der Waals surface area (Å²) in [5.74, 6) is 1.05. The second-order valence-electron chi connectivity index (χ2n) is 4.81. The van der Waals surface area contributed by atoms with Crippen molar-refractivity contribution < 1.29 is 13.9 Å². The predicted molar refractivity (Wildman–Crippen MR) is 74.0 cm³/mol. The molecule has 0 saturated carbocycles. The molecule has 1 aromatic carbocycles. The van der Waals surface area contributed by atoms with Gasteiger partial charge in [-0.3, -0.25) is 4.79 Å². The lowest BCUT2D eigenvalue weighted by atomic mass is 10.0. The molecule has 0 heterocycles. The first-order valence-electron chi connectivity index (χ1n) is 6.31. The van der Waals surface area contributed by atoms with Crippen molar-refractivity contribution in [3.8, 4) is 5.75 Å². The van der Waals surface area contributed by atoms with Gasteiger partial charge in [0.25, 0.3) is 0 Å². The van der Waals surface area contributed by atoms with Crippen molar-refractivity contribution >= 4 is 5.78 Å². The van der Waals surface area contributed by atoms with E-state index in [0.29, 0.717) is 35.6 Å². The number of hydrogen-bond acceptors (Lipinski definition) is 3. The molecule has 2 N–H and O–H groups in total. The lowest BCUT2D eigenvalue weighted by Gasteiger charge is -2.08. The molecule has 0 saturated heterocycles. The summed E-state index contributed by atoms with van der Waals surface area (Å²) in [6.07, 6.45) is 0.989. The highest BCUT2D eigenvalue weighted by Crippen LogP contribution is 2.15. The number of hydrogen-bond donors (Lipinski definition) is 1. The molecule has 104 valence electrons. The van der Waals surface area contributed by atoms with Gasteiger partial charge in [-0.05, 0) is 30.2 Å². The molecule has 1 rings (SSSR count). The van der Waals surface area contributed by atoms with E-state index >= 15 is 0 Å². The van der Waals surface area contributed by atoms with Gasteiger partial charge in [0.1, 0.15) is 12.4 Å². The van der Waals surface area contributed by atoms with Crippen LogP contribution in [0.1, 0.15) is 30.6 Å². The van der Waals surface area contributed by atoms with Gasteiger partial charge in [0.05, 0.1) is 6.33 Å². The molecule has 0 aliphatic heterocycles. The quantitative estimate of drug-likeness (QED) is 0.771. The van der Waals surface area contributed by atoms with E-state index in [9.17, 15) is 9.18 Å². The lowest BCUT2D eigenvalue weighted by Crippen LogP contribution is -2.10. The van der Waals surface area contributed by atoms with E-state index in [2.05, 4.69) is 0 Å². The van der Waals surface area contributed by atoms with Gasteiger partial charge in [-0.2, -0.15) is 0 Å². The maximum atomic E-state index is 12.3. The van der Waals surface area contributed by atoms with E-state index in [0.717, 1.165) is 0 Å². The van der Waals surface area contributed by atoms with Crippen LogP contribution in [0.15, 0.2) is 36.2 Å². The highest BCUT2D eigenvalue weighted by atomic mass is 19.1. The van der Waals surface area contributed by atoms with E-state index in [1.165, 1.54) is 0 Å². The minimum atomic E-state index is 0.117. The zero-order valence-corrected chi connectivity index (χ0v) is 11.4. The first kappa shape index (κ1) is 15.4. The average Bonchev–Trinajstić information content (AvgIpc) is 2.39. The van der Waals surface area contributed by atoms with Crippen molar-refractivity contribution in [3.05, 3.63) is 41.7 Å². The largest absolute Gasteiger partial charge is 0.489 e. The second-order valence-corrected chi connectivity index (χ2v) is 4.81. The summed E-state index contributed by atoms with van der Waals surface area (Å²) in [5.41, 5.74) is 6.38. The molecule has 0 aromatic heterocycles. The Bertz CT molecular complexity index is 438. The Morgan fingerprint density at radius 1 is 1.37 bits per heavy atom. The standard InChI is InChI=1S/C15H20FNO2/c1-11(2)7-15(18)13-3-5-14(6-4-13)19-10-12(8-16)9-17/h3-6,8,11H,7,9-10,17H2,1-2H3/b12-8+. The molecule has 1 aromatic rings. The first-order chi connectivity index (χ1) is 9.06. The van der Waals surface area contributed by atoms with Crippen LogP contribution >= 0.6 is 0 Å². The Morgan fingerprint density at radius 3 is 2.47 bits per heavy atom. The van der Waals surface area contributed by atoms with Gasteiger partial charge < -0.3 is 10.5 Å². The van der Waals surface area contributed by atoms with Crippen LogP contribution in [-0.2, 0) is 0 Å². The van der Waals surface area contributed by atoms with Gasteiger partial charge in [0, 0.05) is 24.1 Å². The summed E-state index contributed by atoms with van der Waals surface area (Å²) in [7, 11) is 0. The summed E-state index contributed by atoms with van der Waals surface area (Å²) < 4.78 is 17.7. The highest BCUT2D eigenvalue weighted by Gasteiger charge is 2.08. The zero-order valence-electron chi connectivity index (χ0n) is 11.4. The number of carbonyl (C=O) groups is 1. The number of carbonyl (C=O) groups excluding carboxylic acids is 1. The highest BCUT2D eigenvalue weighted by molar-refractivity contribution is 5.96. The van der Waals surface area contributed by atoms with Crippen molar-refractivity contribution in [2.45, 2.75) is 20.3 Å². The van der Waals surface area contributed by atoms with Crippen LogP contribution in [0.4, 0.5) is 4.39 Å². The Morgan fingerprint density at radius 2 is 2.00 bits per heavy atom. The smallest absolute Gasteiger partial charge is 0.163 e. The number of ether oxygens (including phenoxy) is 1. The molecule has 0 radical (unpaired) electrons. The van der Waals surface area contributed by atoms with Crippen LogP contribution in [0, 0.1) is 5.92 Å². The number of Topliss-reactive ketones (excluding diaryl/α,β-unsaturated/α-hetero) is 1. The van der Waals surface area contributed by atoms with Crippen LogP contribution < -0.4 is 10.5 Å². The number of nitrogens with two attached hydrogens (primary N) is 1. The SMILES string of the molecule is CC(C)CC(=O)c1ccc(OC/C(=C/F)CN)cc1. The maximum absolute atomic E-state index is 12.3. The van der Waals surface area contributed by atoms with E-state index in [1.54, 1.807) is 24.3 Å². The van der Waals surface area contributed by atoms with Gasteiger partial charge >= 0.3 is 0 Å². The van der Waals surface area contributed by atoms with Gasteiger partial charge in [-0.25, -0.2) is 4.39 Å². The van der Waals surface area contributed by atoms with Gasteiger partial charge in [0.15, 0.2) is 5.78 Å². The monoisotopic (exact) mass is 265 g/mol. The Hall–Kier alpha value is -1.68. The maximum Gasteiger partial charge on any atom is 0.163 e. The molecule has 0 fully saturated rings. The molecule has 0 amide bonds. The fourth-order valence-electron chi connectivity index (χ4n) is 1.54. The normalized spacial score (nSPS) is 11.7. The van der Waals surface area contributed by atoms with Gasteiger partial charge in [0.2, 0.25) is 0 Å². The van der Waals surface area contributed by atoms with E-state index in [4.69, 9.17) is 10.5 Å². The van der Waals surface area contributed by atoms with Crippen LogP contribution in [0.2, 0.25) is 0 Å². The van der Waals surface area contributed by atoms with E-state index < -0.39 is 0 Å². The summed E-state index contributed by atoms with van der Waals surface area (Å²) in [5, 5.41) is 0. The Balaban J connectivity index is 2.59. The third-order valence-corrected chi connectivity index (χ3v) is 2.61. The third-order valence-electron chi connectivity index (χ3n) is 2.61.